The van der Waals surface area contributed by atoms with Crippen LogP contribution in [0.3, 0.4) is 0 Å². The maximum atomic E-state index is 10.8. The number of carbonyl (C=O) groups is 2. The molecule has 12 heavy (non-hydrogen) atoms. The van der Waals surface area contributed by atoms with Crippen LogP contribution in [0, 0.1) is 0 Å². The lowest BCUT2D eigenvalue weighted by atomic mass is 10.5. The summed E-state index contributed by atoms with van der Waals surface area (Å²) in [5.74, 6) is -0.780. The number of nitrogens with zero attached hydrogens (tertiary/aromatic N) is 1. The van der Waals surface area contributed by atoms with Gasteiger partial charge in [-0.2, -0.15) is 5.06 Å². The van der Waals surface area contributed by atoms with Gasteiger partial charge in [-0.1, -0.05) is 12.2 Å². The maximum Gasteiger partial charge on any atom is 0.329 e. The summed E-state index contributed by atoms with van der Waals surface area (Å²) in [6.07, 6.45) is 3.50. The highest BCUT2D eigenvalue weighted by atomic mass is 16.7. The molecule has 0 fully saturated rings. The molecule has 0 atom stereocenters. The third-order valence-corrected chi connectivity index (χ3v) is 1.10. The molecule has 0 aliphatic heterocycles. The van der Waals surface area contributed by atoms with Gasteiger partial charge in [0.05, 0.1) is 6.54 Å². The Labute approximate surface area is 71.8 Å². The van der Waals surface area contributed by atoms with E-state index in [1.165, 1.54) is 13.8 Å². The Morgan fingerprint density at radius 2 is 2.00 bits per heavy atom. The van der Waals surface area contributed by atoms with Crippen molar-refractivity contribution in [2.75, 3.05) is 6.54 Å². The van der Waals surface area contributed by atoms with Crippen molar-refractivity contribution in [3.63, 3.8) is 0 Å². The maximum absolute atomic E-state index is 10.8. The van der Waals surface area contributed by atoms with Gasteiger partial charge in [0.25, 0.3) is 5.91 Å². The molecule has 0 bridgehead atoms. The normalized spacial score (nSPS) is 9.92. The molecule has 0 saturated carbocycles. The third-order valence-electron chi connectivity index (χ3n) is 1.10. The highest BCUT2D eigenvalue weighted by Crippen LogP contribution is 1.92. The summed E-state index contributed by atoms with van der Waals surface area (Å²) in [6, 6.07) is 0. The van der Waals surface area contributed by atoms with Gasteiger partial charge in [0.1, 0.15) is 0 Å². The van der Waals surface area contributed by atoms with Gasteiger partial charge in [-0.3, -0.25) is 9.59 Å². The zero-order chi connectivity index (χ0) is 9.56. The summed E-state index contributed by atoms with van der Waals surface area (Å²) in [7, 11) is 0. The Morgan fingerprint density at radius 3 is 2.33 bits per heavy atom. The first-order valence-corrected chi connectivity index (χ1v) is 3.65. The van der Waals surface area contributed by atoms with Crippen LogP contribution in [-0.4, -0.2) is 23.5 Å². The van der Waals surface area contributed by atoms with Gasteiger partial charge in [-0.25, -0.2) is 0 Å². The summed E-state index contributed by atoms with van der Waals surface area (Å²) in [4.78, 5) is 25.9. The Bertz CT molecular complexity index is 198. The lowest BCUT2D eigenvalue weighted by Crippen LogP contribution is -2.30. The number of hydrogen-bond acceptors (Lipinski definition) is 3. The van der Waals surface area contributed by atoms with Crippen molar-refractivity contribution >= 4 is 11.9 Å². The van der Waals surface area contributed by atoms with E-state index < -0.39 is 5.97 Å². The van der Waals surface area contributed by atoms with Gasteiger partial charge in [0.15, 0.2) is 0 Å². The predicted molar refractivity (Wildman–Crippen MR) is 44.0 cm³/mol. The van der Waals surface area contributed by atoms with Gasteiger partial charge in [0, 0.05) is 13.8 Å². The topological polar surface area (TPSA) is 46.6 Å². The largest absolute Gasteiger partial charge is 0.338 e. The fourth-order valence-electron chi connectivity index (χ4n) is 0.586. The van der Waals surface area contributed by atoms with Gasteiger partial charge in [-0.15, -0.1) is 0 Å². The average Bonchev–Trinajstić information content (AvgIpc) is 1.96. The van der Waals surface area contributed by atoms with Crippen molar-refractivity contribution in [3.05, 3.63) is 12.2 Å². The molecule has 0 spiro atoms. The minimum absolute atomic E-state index is 0.289. The highest BCUT2D eigenvalue weighted by Gasteiger charge is 2.09. The van der Waals surface area contributed by atoms with Crippen molar-refractivity contribution in [1.82, 2.24) is 5.06 Å². The summed E-state index contributed by atoms with van der Waals surface area (Å²) < 4.78 is 0. The number of allylic oxidation sites excluding steroid dienone is 1. The average molecular weight is 171 g/mol. The summed E-state index contributed by atoms with van der Waals surface area (Å²) in [6.45, 7) is 4.72. The van der Waals surface area contributed by atoms with Gasteiger partial charge < -0.3 is 4.84 Å². The van der Waals surface area contributed by atoms with E-state index in [0.29, 0.717) is 6.54 Å². The molecule has 68 valence electrons. The Balaban J connectivity index is 4.04. The number of hydrogen-bond donors (Lipinski definition) is 0. The standard InChI is InChI=1S/C8H13NO3/c1-4-5-6-9(7(2)10)12-8(3)11/h4-5H,6H2,1-3H3. The molecule has 0 unspecified atom stereocenters. The second-order valence-corrected chi connectivity index (χ2v) is 2.23. The van der Waals surface area contributed by atoms with E-state index in [0.717, 1.165) is 5.06 Å². The van der Waals surface area contributed by atoms with E-state index >= 15 is 0 Å². The predicted octanol–water partition coefficient (Wildman–Crippen LogP) is 0.889. The third kappa shape index (κ3) is 4.49. The van der Waals surface area contributed by atoms with Gasteiger partial charge in [0.2, 0.25) is 0 Å². The molecular weight excluding hydrogens is 158 g/mol. The first kappa shape index (κ1) is 10.7. The number of rotatable bonds is 2. The molecule has 1 amide bonds. The van der Waals surface area contributed by atoms with Crippen LogP contribution in [0.5, 0.6) is 0 Å². The zero-order valence-electron chi connectivity index (χ0n) is 7.53. The first-order chi connectivity index (χ1) is 5.57. The molecule has 0 aliphatic rings. The lowest BCUT2D eigenvalue weighted by molar-refractivity contribution is -0.192. The monoisotopic (exact) mass is 171 g/mol. The molecular formula is C8H13NO3. The van der Waals surface area contributed by atoms with E-state index in [9.17, 15) is 9.59 Å². The van der Waals surface area contributed by atoms with Crippen LogP contribution < -0.4 is 0 Å². The molecule has 0 aromatic rings. The molecule has 0 aromatic carbocycles. The quantitative estimate of drug-likeness (QED) is 0.458. The van der Waals surface area contributed by atoms with Crippen molar-refractivity contribution in [2.24, 2.45) is 0 Å². The molecule has 4 nitrogen and oxygen atoms in total. The highest BCUT2D eigenvalue weighted by molar-refractivity contribution is 5.75. The molecule has 0 saturated heterocycles. The van der Waals surface area contributed by atoms with Crippen LogP contribution in [0.2, 0.25) is 0 Å². The molecule has 0 aliphatic carbocycles. The minimum atomic E-state index is -0.491. The summed E-state index contributed by atoms with van der Waals surface area (Å²) >= 11 is 0. The van der Waals surface area contributed by atoms with Crippen LogP contribution >= 0.6 is 0 Å². The van der Waals surface area contributed by atoms with Crippen LogP contribution in [0.4, 0.5) is 0 Å². The lowest BCUT2D eigenvalue weighted by Gasteiger charge is -2.16. The number of hydroxylamine groups is 2. The zero-order valence-corrected chi connectivity index (χ0v) is 7.53. The summed E-state index contributed by atoms with van der Waals surface area (Å²) in [5, 5.41) is 1.00. The summed E-state index contributed by atoms with van der Waals surface area (Å²) in [5.41, 5.74) is 0. The van der Waals surface area contributed by atoms with E-state index in [4.69, 9.17) is 0 Å². The SMILES string of the molecule is CC=CCN(OC(C)=O)C(C)=O. The minimum Gasteiger partial charge on any atom is -0.338 e. The van der Waals surface area contributed by atoms with Gasteiger partial charge in [-0.05, 0) is 6.92 Å². The van der Waals surface area contributed by atoms with Crippen molar-refractivity contribution in [2.45, 2.75) is 20.8 Å². The van der Waals surface area contributed by atoms with Crippen LogP contribution in [0.15, 0.2) is 12.2 Å². The Kier molecular flexibility index (Phi) is 4.76. The Hall–Kier alpha value is -1.32. The molecule has 0 aromatic heterocycles. The smallest absolute Gasteiger partial charge is 0.329 e. The second kappa shape index (κ2) is 5.35. The van der Waals surface area contributed by atoms with E-state index in [1.54, 1.807) is 12.2 Å². The molecule has 4 heteroatoms. The van der Waals surface area contributed by atoms with Gasteiger partial charge >= 0.3 is 5.97 Å². The number of amides is 1. The molecule has 0 heterocycles. The van der Waals surface area contributed by atoms with E-state index in [1.807, 2.05) is 6.92 Å². The van der Waals surface area contributed by atoms with Crippen molar-refractivity contribution in [3.8, 4) is 0 Å². The van der Waals surface area contributed by atoms with E-state index in [-0.39, 0.29) is 5.91 Å². The first-order valence-electron chi connectivity index (χ1n) is 3.65. The van der Waals surface area contributed by atoms with Crippen LogP contribution in [0.25, 0.3) is 0 Å². The van der Waals surface area contributed by atoms with Crippen molar-refractivity contribution in [1.29, 1.82) is 0 Å². The van der Waals surface area contributed by atoms with E-state index in [2.05, 4.69) is 4.84 Å². The molecule has 0 N–H and O–H groups in total. The van der Waals surface area contributed by atoms with Crippen LogP contribution in [0.1, 0.15) is 20.8 Å². The van der Waals surface area contributed by atoms with Crippen LogP contribution in [-0.2, 0) is 14.4 Å². The van der Waals surface area contributed by atoms with Crippen molar-refractivity contribution < 1.29 is 14.4 Å². The molecule has 0 rings (SSSR count). The Morgan fingerprint density at radius 1 is 1.42 bits per heavy atom. The fourth-order valence-corrected chi connectivity index (χ4v) is 0.586. The second-order valence-electron chi connectivity index (χ2n) is 2.23. The fraction of sp³-hybridized carbons (Fsp3) is 0.500. The number of carbonyl (C=O) groups excluding carboxylic acids is 2. The molecule has 0 radical (unpaired) electrons.